The first-order valence-corrected chi connectivity index (χ1v) is 9.89. The number of benzene rings is 1. The fourth-order valence-electron chi connectivity index (χ4n) is 3.22. The zero-order valence-electron chi connectivity index (χ0n) is 16.1. The summed E-state index contributed by atoms with van der Waals surface area (Å²) in [6, 6.07) is 11.4. The van der Waals surface area contributed by atoms with E-state index in [0.717, 1.165) is 51.3 Å². The van der Waals surface area contributed by atoms with Crippen molar-refractivity contribution in [3.05, 3.63) is 30.3 Å². The van der Waals surface area contributed by atoms with Crippen LogP contribution < -0.4 is 20.9 Å². The molecular weight excluding hydrogens is 453 g/mol. The number of amides is 1. The van der Waals surface area contributed by atoms with Crippen LogP contribution in [0.15, 0.2) is 35.3 Å². The van der Waals surface area contributed by atoms with Crippen molar-refractivity contribution >= 4 is 41.5 Å². The summed E-state index contributed by atoms with van der Waals surface area (Å²) in [5, 5.41) is 9.88. The average molecular weight is 485 g/mol. The number of guanidine groups is 1. The van der Waals surface area contributed by atoms with Gasteiger partial charge in [-0.1, -0.05) is 18.2 Å². The molecule has 0 bridgehead atoms. The molecule has 1 heterocycles. The minimum absolute atomic E-state index is 0. The van der Waals surface area contributed by atoms with Gasteiger partial charge < -0.3 is 20.9 Å². The summed E-state index contributed by atoms with van der Waals surface area (Å²) in [6.45, 7) is 5.62. The summed E-state index contributed by atoms with van der Waals surface area (Å²) >= 11 is 0. The molecular formula is C20H32IN5O. The van der Waals surface area contributed by atoms with Gasteiger partial charge in [-0.25, -0.2) is 0 Å². The molecule has 1 saturated carbocycles. The van der Waals surface area contributed by atoms with Gasteiger partial charge in [0.1, 0.15) is 0 Å². The molecule has 3 N–H and O–H groups in total. The quantitative estimate of drug-likeness (QED) is 0.229. The van der Waals surface area contributed by atoms with Gasteiger partial charge in [0.2, 0.25) is 5.91 Å². The van der Waals surface area contributed by atoms with Gasteiger partial charge >= 0.3 is 0 Å². The number of anilines is 1. The summed E-state index contributed by atoms with van der Waals surface area (Å²) in [4.78, 5) is 18.8. The van der Waals surface area contributed by atoms with E-state index in [1.165, 1.54) is 5.69 Å². The third-order valence-electron chi connectivity index (χ3n) is 4.77. The van der Waals surface area contributed by atoms with Crippen molar-refractivity contribution in [3.63, 3.8) is 0 Å². The standard InChI is InChI=1S/C20H31N5O.HI/c1-2-21-20(22-13-6-9-19(26)23-16-10-11-16)24-17-12-14-25(15-17)18-7-4-3-5-8-18;/h3-5,7-8,16-17H,2,6,9-15H2,1H3,(H,23,26)(H2,21,22,24);1H. The number of nitrogens with zero attached hydrogens (tertiary/aromatic N) is 2. The Labute approximate surface area is 179 Å². The van der Waals surface area contributed by atoms with Crippen LogP contribution >= 0.6 is 24.0 Å². The topological polar surface area (TPSA) is 68.8 Å². The summed E-state index contributed by atoms with van der Waals surface area (Å²) in [6.07, 6.45) is 4.73. The molecule has 2 fully saturated rings. The summed E-state index contributed by atoms with van der Waals surface area (Å²) in [5.41, 5.74) is 1.28. The molecule has 1 amide bonds. The van der Waals surface area contributed by atoms with Crippen molar-refractivity contribution in [3.8, 4) is 0 Å². The van der Waals surface area contributed by atoms with Crippen LogP contribution in [0.2, 0.25) is 0 Å². The van der Waals surface area contributed by atoms with Gasteiger partial charge in [0, 0.05) is 50.4 Å². The number of rotatable bonds is 8. The van der Waals surface area contributed by atoms with Crippen LogP contribution in [0.5, 0.6) is 0 Å². The summed E-state index contributed by atoms with van der Waals surface area (Å²) in [5.74, 6) is 1.02. The number of carbonyl (C=O) groups excluding carboxylic acids is 1. The molecule has 1 unspecified atom stereocenters. The number of aliphatic imine (C=N–C) groups is 1. The lowest BCUT2D eigenvalue weighted by Gasteiger charge is -2.20. The second kappa shape index (κ2) is 11.4. The molecule has 0 spiro atoms. The minimum Gasteiger partial charge on any atom is -0.369 e. The zero-order valence-corrected chi connectivity index (χ0v) is 18.4. The fraction of sp³-hybridized carbons (Fsp3) is 0.600. The van der Waals surface area contributed by atoms with Gasteiger partial charge in [0.25, 0.3) is 0 Å². The van der Waals surface area contributed by atoms with E-state index >= 15 is 0 Å². The van der Waals surface area contributed by atoms with Gasteiger partial charge in [-0.05, 0) is 44.7 Å². The second-order valence-electron chi connectivity index (χ2n) is 7.12. The summed E-state index contributed by atoms with van der Waals surface area (Å²) < 4.78 is 0. The number of para-hydroxylation sites is 1. The molecule has 1 atom stereocenters. The molecule has 150 valence electrons. The molecule has 3 rings (SSSR count). The number of halogens is 1. The lowest BCUT2D eigenvalue weighted by molar-refractivity contribution is -0.121. The highest BCUT2D eigenvalue weighted by molar-refractivity contribution is 14.0. The number of hydrogen-bond donors (Lipinski definition) is 3. The van der Waals surface area contributed by atoms with Crippen LogP contribution in [-0.2, 0) is 4.79 Å². The molecule has 0 radical (unpaired) electrons. The lowest BCUT2D eigenvalue weighted by atomic mass is 10.2. The molecule has 7 heteroatoms. The molecule has 1 aliphatic carbocycles. The number of carbonyl (C=O) groups is 1. The molecule has 2 aliphatic rings. The first kappa shape index (κ1) is 21.8. The number of nitrogens with one attached hydrogen (secondary N) is 3. The summed E-state index contributed by atoms with van der Waals surface area (Å²) in [7, 11) is 0. The SMILES string of the molecule is CCNC(=NCCCC(=O)NC1CC1)NC1CCN(c2ccccc2)C1.I. The number of hydrogen-bond acceptors (Lipinski definition) is 3. The zero-order chi connectivity index (χ0) is 18.2. The predicted molar refractivity (Wildman–Crippen MR) is 122 cm³/mol. The molecule has 27 heavy (non-hydrogen) atoms. The van der Waals surface area contributed by atoms with E-state index in [1.54, 1.807) is 0 Å². The first-order chi connectivity index (χ1) is 12.7. The van der Waals surface area contributed by atoms with Gasteiger partial charge in [0.15, 0.2) is 5.96 Å². The Bertz CT molecular complexity index is 606. The molecule has 1 aliphatic heterocycles. The largest absolute Gasteiger partial charge is 0.369 e. The molecule has 0 aromatic heterocycles. The molecule has 6 nitrogen and oxygen atoms in total. The molecule has 1 aromatic rings. The van der Waals surface area contributed by atoms with Gasteiger partial charge in [-0.15, -0.1) is 24.0 Å². The van der Waals surface area contributed by atoms with Crippen molar-refractivity contribution in [2.75, 3.05) is 31.1 Å². The van der Waals surface area contributed by atoms with Gasteiger partial charge in [-0.2, -0.15) is 0 Å². The Morgan fingerprint density at radius 3 is 2.63 bits per heavy atom. The van der Waals surface area contributed by atoms with E-state index in [-0.39, 0.29) is 29.9 Å². The van der Waals surface area contributed by atoms with Crippen LogP contribution in [-0.4, -0.2) is 50.1 Å². The van der Waals surface area contributed by atoms with Crippen molar-refractivity contribution in [2.24, 2.45) is 4.99 Å². The maximum absolute atomic E-state index is 11.7. The maximum atomic E-state index is 11.7. The Morgan fingerprint density at radius 1 is 1.15 bits per heavy atom. The van der Waals surface area contributed by atoms with Crippen LogP contribution in [0.1, 0.15) is 39.0 Å². The second-order valence-corrected chi connectivity index (χ2v) is 7.12. The molecule has 1 saturated heterocycles. The van der Waals surface area contributed by atoms with E-state index in [2.05, 4.69) is 63.1 Å². The van der Waals surface area contributed by atoms with Crippen LogP contribution in [0.4, 0.5) is 5.69 Å². The van der Waals surface area contributed by atoms with Crippen molar-refractivity contribution in [1.82, 2.24) is 16.0 Å². The monoisotopic (exact) mass is 485 g/mol. The Morgan fingerprint density at radius 2 is 1.93 bits per heavy atom. The normalized spacial score (nSPS) is 19.4. The Balaban J connectivity index is 0.00000261. The average Bonchev–Trinajstić information content (AvgIpc) is 3.34. The van der Waals surface area contributed by atoms with Crippen molar-refractivity contribution < 1.29 is 4.79 Å². The van der Waals surface area contributed by atoms with Crippen LogP contribution in [0, 0.1) is 0 Å². The van der Waals surface area contributed by atoms with E-state index in [0.29, 0.717) is 25.0 Å². The maximum Gasteiger partial charge on any atom is 0.220 e. The van der Waals surface area contributed by atoms with E-state index in [9.17, 15) is 4.79 Å². The Hall–Kier alpha value is -1.51. The highest BCUT2D eigenvalue weighted by Crippen LogP contribution is 2.20. The highest BCUT2D eigenvalue weighted by atomic mass is 127. The highest BCUT2D eigenvalue weighted by Gasteiger charge is 2.24. The lowest BCUT2D eigenvalue weighted by Crippen LogP contribution is -2.44. The third kappa shape index (κ3) is 7.56. The van der Waals surface area contributed by atoms with E-state index in [1.807, 2.05) is 0 Å². The minimum atomic E-state index is 0. The van der Waals surface area contributed by atoms with Crippen LogP contribution in [0.25, 0.3) is 0 Å². The smallest absolute Gasteiger partial charge is 0.220 e. The van der Waals surface area contributed by atoms with Gasteiger partial charge in [0.05, 0.1) is 0 Å². The fourth-order valence-corrected chi connectivity index (χ4v) is 3.22. The Kier molecular flexibility index (Phi) is 9.17. The van der Waals surface area contributed by atoms with E-state index < -0.39 is 0 Å². The van der Waals surface area contributed by atoms with Crippen molar-refractivity contribution in [1.29, 1.82) is 0 Å². The van der Waals surface area contributed by atoms with Gasteiger partial charge in [-0.3, -0.25) is 9.79 Å². The third-order valence-corrected chi connectivity index (χ3v) is 4.77. The first-order valence-electron chi connectivity index (χ1n) is 9.89. The molecule has 1 aromatic carbocycles. The van der Waals surface area contributed by atoms with Crippen molar-refractivity contribution in [2.45, 2.75) is 51.1 Å². The predicted octanol–water partition coefficient (Wildman–Crippen LogP) is 2.50. The van der Waals surface area contributed by atoms with E-state index in [4.69, 9.17) is 0 Å². The van der Waals surface area contributed by atoms with Crippen LogP contribution in [0.3, 0.4) is 0 Å².